The van der Waals surface area contributed by atoms with Crippen LogP contribution in [0.1, 0.15) is 26.2 Å². The Labute approximate surface area is 97.8 Å². The molecule has 1 amide bonds. The molecule has 0 aromatic carbocycles. The zero-order chi connectivity index (χ0) is 11.5. The summed E-state index contributed by atoms with van der Waals surface area (Å²) in [6, 6.07) is 0.445. The van der Waals surface area contributed by atoms with E-state index >= 15 is 0 Å². The van der Waals surface area contributed by atoms with Gasteiger partial charge in [-0.3, -0.25) is 9.69 Å². The van der Waals surface area contributed by atoms with Crippen molar-refractivity contribution >= 4 is 5.91 Å². The summed E-state index contributed by atoms with van der Waals surface area (Å²) in [5, 5.41) is 0. The SMILES string of the molecule is CC(CN)N1CCN(C(=O)C2CCC2)CC1. The second-order valence-electron chi connectivity index (χ2n) is 5.07. The quantitative estimate of drug-likeness (QED) is 0.750. The number of carbonyl (C=O) groups is 1. The van der Waals surface area contributed by atoms with Crippen molar-refractivity contribution in [1.29, 1.82) is 0 Å². The van der Waals surface area contributed by atoms with E-state index in [9.17, 15) is 4.79 Å². The molecule has 1 saturated carbocycles. The minimum atomic E-state index is 0.346. The zero-order valence-corrected chi connectivity index (χ0v) is 10.2. The van der Waals surface area contributed by atoms with Crippen LogP contribution in [-0.4, -0.2) is 54.5 Å². The third-order valence-corrected chi connectivity index (χ3v) is 4.04. The Hall–Kier alpha value is -0.610. The second kappa shape index (κ2) is 5.15. The Morgan fingerprint density at radius 3 is 2.38 bits per heavy atom. The summed E-state index contributed by atoms with van der Waals surface area (Å²) in [5.74, 6) is 0.741. The molecule has 2 N–H and O–H groups in total. The van der Waals surface area contributed by atoms with Gasteiger partial charge < -0.3 is 10.6 Å². The molecule has 0 bridgehead atoms. The van der Waals surface area contributed by atoms with Gasteiger partial charge in [0, 0.05) is 44.7 Å². The molecule has 0 spiro atoms. The molecule has 1 aliphatic carbocycles. The van der Waals surface area contributed by atoms with Gasteiger partial charge in [0.1, 0.15) is 0 Å². The molecule has 1 heterocycles. The highest BCUT2D eigenvalue weighted by atomic mass is 16.2. The molecular formula is C12H23N3O. The molecule has 16 heavy (non-hydrogen) atoms. The van der Waals surface area contributed by atoms with E-state index in [0.717, 1.165) is 39.0 Å². The molecule has 1 atom stereocenters. The van der Waals surface area contributed by atoms with Crippen molar-refractivity contribution in [2.75, 3.05) is 32.7 Å². The first-order valence-corrected chi connectivity index (χ1v) is 6.45. The van der Waals surface area contributed by atoms with E-state index < -0.39 is 0 Å². The molecule has 1 aliphatic heterocycles. The number of piperazine rings is 1. The average Bonchev–Trinajstić information content (AvgIpc) is 2.26. The lowest BCUT2D eigenvalue weighted by Gasteiger charge is -2.40. The molecule has 4 heteroatoms. The van der Waals surface area contributed by atoms with Crippen molar-refractivity contribution in [1.82, 2.24) is 9.80 Å². The summed E-state index contributed by atoms with van der Waals surface area (Å²) in [5.41, 5.74) is 5.65. The molecule has 1 saturated heterocycles. The predicted octanol–water partition coefficient (Wildman–Crippen LogP) is 0.278. The van der Waals surface area contributed by atoms with Crippen molar-refractivity contribution in [3.63, 3.8) is 0 Å². The summed E-state index contributed by atoms with van der Waals surface area (Å²) in [7, 11) is 0. The average molecular weight is 225 g/mol. The maximum atomic E-state index is 12.0. The first-order valence-electron chi connectivity index (χ1n) is 6.45. The molecule has 92 valence electrons. The minimum Gasteiger partial charge on any atom is -0.340 e. The van der Waals surface area contributed by atoms with Gasteiger partial charge >= 0.3 is 0 Å². The van der Waals surface area contributed by atoms with Crippen LogP contribution >= 0.6 is 0 Å². The summed E-state index contributed by atoms with van der Waals surface area (Å²) in [6.07, 6.45) is 3.46. The zero-order valence-electron chi connectivity index (χ0n) is 10.2. The lowest BCUT2D eigenvalue weighted by molar-refractivity contribution is -0.140. The van der Waals surface area contributed by atoms with Crippen molar-refractivity contribution in [3.8, 4) is 0 Å². The lowest BCUT2D eigenvalue weighted by atomic mass is 9.84. The third kappa shape index (κ3) is 2.38. The molecule has 0 aromatic rings. The molecule has 2 rings (SSSR count). The van der Waals surface area contributed by atoms with E-state index in [2.05, 4.69) is 11.8 Å². The normalized spacial score (nSPS) is 25.2. The van der Waals surface area contributed by atoms with E-state index in [0.29, 0.717) is 24.4 Å². The van der Waals surface area contributed by atoms with Gasteiger partial charge in [0.15, 0.2) is 0 Å². The number of amides is 1. The summed E-state index contributed by atoms with van der Waals surface area (Å²) < 4.78 is 0. The van der Waals surface area contributed by atoms with Gasteiger partial charge in [-0.25, -0.2) is 0 Å². The Morgan fingerprint density at radius 2 is 1.94 bits per heavy atom. The van der Waals surface area contributed by atoms with Gasteiger partial charge in [0.25, 0.3) is 0 Å². The van der Waals surface area contributed by atoms with Crippen LogP contribution in [0, 0.1) is 5.92 Å². The standard InChI is InChI=1S/C12H23N3O/c1-10(9-13)14-5-7-15(8-6-14)12(16)11-3-2-4-11/h10-11H,2-9,13H2,1H3. The summed E-state index contributed by atoms with van der Waals surface area (Å²) >= 11 is 0. The maximum absolute atomic E-state index is 12.0. The number of carbonyl (C=O) groups excluding carboxylic acids is 1. The number of hydrogen-bond acceptors (Lipinski definition) is 3. The molecule has 0 radical (unpaired) electrons. The van der Waals surface area contributed by atoms with Crippen LogP contribution in [0.2, 0.25) is 0 Å². The molecular weight excluding hydrogens is 202 g/mol. The Bertz CT molecular complexity index is 245. The molecule has 1 unspecified atom stereocenters. The highest BCUT2D eigenvalue weighted by Gasteiger charge is 2.31. The number of hydrogen-bond donors (Lipinski definition) is 1. The van der Waals surface area contributed by atoms with E-state index in [4.69, 9.17) is 5.73 Å². The fourth-order valence-corrected chi connectivity index (χ4v) is 2.45. The topological polar surface area (TPSA) is 49.6 Å². The molecule has 4 nitrogen and oxygen atoms in total. The van der Waals surface area contributed by atoms with Crippen LogP contribution in [0.4, 0.5) is 0 Å². The number of nitrogens with zero attached hydrogens (tertiary/aromatic N) is 2. The number of nitrogens with two attached hydrogens (primary N) is 1. The highest BCUT2D eigenvalue weighted by molar-refractivity contribution is 5.79. The fraction of sp³-hybridized carbons (Fsp3) is 0.917. The minimum absolute atomic E-state index is 0.346. The van der Waals surface area contributed by atoms with Crippen LogP contribution in [0.3, 0.4) is 0 Å². The van der Waals surface area contributed by atoms with Crippen LogP contribution in [-0.2, 0) is 4.79 Å². The molecule has 2 aliphatic rings. The van der Waals surface area contributed by atoms with E-state index in [1.165, 1.54) is 6.42 Å². The lowest BCUT2D eigenvalue weighted by Crippen LogP contribution is -2.54. The summed E-state index contributed by atoms with van der Waals surface area (Å²) in [4.78, 5) is 16.4. The predicted molar refractivity (Wildman–Crippen MR) is 64.0 cm³/mol. The van der Waals surface area contributed by atoms with Gasteiger partial charge in [-0.2, -0.15) is 0 Å². The van der Waals surface area contributed by atoms with Crippen LogP contribution < -0.4 is 5.73 Å². The van der Waals surface area contributed by atoms with Crippen molar-refractivity contribution in [3.05, 3.63) is 0 Å². The van der Waals surface area contributed by atoms with Crippen molar-refractivity contribution in [2.45, 2.75) is 32.2 Å². The fourth-order valence-electron chi connectivity index (χ4n) is 2.45. The largest absolute Gasteiger partial charge is 0.340 e. The van der Waals surface area contributed by atoms with Gasteiger partial charge in [0.2, 0.25) is 5.91 Å². The maximum Gasteiger partial charge on any atom is 0.225 e. The second-order valence-corrected chi connectivity index (χ2v) is 5.07. The van der Waals surface area contributed by atoms with Crippen LogP contribution in [0.15, 0.2) is 0 Å². The summed E-state index contributed by atoms with van der Waals surface area (Å²) in [6.45, 7) is 6.60. The van der Waals surface area contributed by atoms with Crippen LogP contribution in [0.5, 0.6) is 0 Å². The van der Waals surface area contributed by atoms with Gasteiger partial charge in [0.05, 0.1) is 0 Å². The Balaban J connectivity index is 1.78. The molecule has 2 fully saturated rings. The molecule has 0 aromatic heterocycles. The van der Waals surface area contributed by atoms with E-state index in [-0.39, 0.29) is 0 Å². The number of rotatable bonds is 3. The Morgan fingerprint density at radius 1 is 1.31 bits per heavy atom. The smallest absolute Gasteiger partial charge is 0.225 e. The van der Waals surface area contributed by atoms with Gasteiger partial charge in [-0.1, -0.05) is 6.42 Å². The Kier molecular flexibility index (Phi) is 3.82. The van der Waals surface area contributed by atoms with Gasteiger partial charge in [-0.15, -0.1) is 0 Å². The van der Waals surface area contributed by atoms with Gasteiger partial charge in [-0.05, 0) is 19.8 Å². The van der Waals surface area contributed by atoms with Crippen LogP contribution in [0.25, 0.3) is 0 Å². The van der Waals surface area contributed by atoms with E-state index in [1.807, 2.05) is 4.90 Å². The first-order chi connectivity index (χ1) is 7.72. The monoisotopic (exact) mass is 225 g/mol. The highest BCUT2D eigenvalue weighted by Crippen LogP contribution is 2.28. The first kappa shape index (κ1) is 11.9. The third-order valence-electron chi connectivity index (χ3n) is 4.04. The van der Waals surface area contributed by atoms with Crippen molar-refractivity contribution < 1.29 is 4.79 Å². The van der Waals surface area contributed by atoms with Crippen molar-refractivity contribution in [2.24, 2.45) is 11.7 Å². The van der Waals surface area contributed by atoms with E-state index in [1.54, 1.807) is 0 Å².